The number of nitrogens with one attached hydrogen (secondary N) is 1. The Bertz CT molecular complexity index is 582. The van der Waals surface area contributed by atoms with Crippen molar-refractivity contribution in [1.82, 2.24) is 0 Å². The van der Waals surface area contributed by atoms with E-state index in [1.54, 1.807) is 18.2 Å². The van der Waals surface area contributed by atoms with Crippen molar-refractivity contribution in [3.05, 3.63) is 57.0 Å². The lowest BCUT2D eigenvalue weighted by Crippen LogP contribution is -1.93. The molecular formula is C15H15BrClNO2. The smallest absolute Gasteiger partial charge is 0.211 e. The number of phenolic OH excluding ortho intramolecular Hbond substituents is 1. The quantitative estimate of drug-likeness (QED) is 0.768. The Labute approximate surface area is 131 Å². The summed E-state index contributed by atoms with van der Waals surface area (Å²) in [5.74, 6) is 0.315. The lowest BCUT2D eigenvalue weighted by Gasteiger charge is -2.00. The van der Waals surface area contributed by atoms with Gasteiger partial charge in [-0.15, -0.1) is 0 Å². The number of halogens is 2. The van der Waals surface area contributed by atoms with Gasteiger partial charge in [0.05, 0.1) is 0 Å². The molecule has 1 amide bonds. The van der Waals surface area contributed by atoms with Crippen molar-refractivity contribution in [2.75, 3.05) is 5.32 Å². The molecule has 0 aromatic heterocycles. The predicted octanol–water partition coefficient (Wildman–Crippen LogP) is 4.68. The van der Waals surface area contributed by atoms with Crippen molar-refractivity contribution >= 4 is 39.6 Å². The number of phenols is 1. The van der Waals surface area contributed by atoms with Gasteiger partial charge in [-0.05, 0) is 61.4 Å². The average molecular weight is 357 g/mol. The molecular weight excluding hydrogens is 342 g/mol. The summed E-state index contributed by atoms with van der Waals surface area (Å²) in [6.45, 7) is 3.85. The molecule has 0 spiro atoms. The Morgan fingerprint density at radius 3 is 2.40 bits per heavy atom. The van der Waals surface area contributed by atoms with E-state index in [0.29, 0.717) is 17.2 Å². The number of aromatic hydroxyl groups is 1. The van der Waals surface area contributed by atoms with Gasteiger partial charge in [0, 0.05) is 15.2 Å². The molecule has 0 unspecified atom stereocenters. The predicted molar refractivity (Wildman–Crippen MR) is 86.4 cm³/mol. The highest BCUT2D eigenvalue weighted by molar-refractivity contribution is 9.10. The van der Waals surface area contributed by atoms with Gasteiger partial charge in [-0.1, -0.05) is 27.5 Å². The van der Waals surface area contributed by atoms with Crippen molar-refractivity contribution in [3.63, 3.8) is 0 Å². The first kappa shape index (κ1) is 16.5. The van der Waals surface area contributed by atoms with Crippen molar-refractivity contribution in [3.8, 4) is 5.75 Å². The second kappa shape index (κ2) is 7.92. The molecule has 0 heterocycles. The molecule has 0 bridgehead atoms. The summed E-state index contributed by atoms with van der Waals surface area (Å²) in [7, 11) is 0. The Morgan fingerprint density at radius 2 is 1.90 bits per heavy atom. The van der Waals surface area contributed by atoms with Gasteiger partial charge < -0.3 is 10.4 Å². The van der Waals surface area contributed by atoms with Crippen LogP contribution in [0.1, 0.15) is 11.1 Å². The molecule has 0 aliphatic rings. The minimum absolute atomic E-state index is 0.315. The van der Waals surface area contributed by atoms with Crippen LogP contribution in [0.2, 0.25) is 5.02 Å². The van der Waals surface area contributed by atoms with Gasteiger partial charge in [-0.25, -0.2) is 0 Å². The molecule has 0 radical (unpaired) electrons. The zero-order valence-corrected chi connectivity index (χ0v) is 13.5. The zero-order chi connectivity index (χ0) is 15.1. The molecule has 0 aliphatic carbocycles. The van der Waals surface area contributed by atoms with Gasteiger partial charge >= 0.3 is 0 Å². The monoisotopic (exact) mass is 355 g/mol. The van der Waals surface area contributed by atoms with E-state index in [2.05, 4.69) is 21.2 Å². The first-order valence-electron chi connectivity index (χ1n) is 5.85. The van der Waals surface area contributed by atoms with E-state index in [1.807, 2.05) is 32.0 Å². The maximum absolute atomic E-state index is 10.0. The van der Waals surface area contributed by atoms with Crippen molar-refractivity contribution in [2.24, 2.45) is 0 Å². The third-order valence-corrected chi connectivity index (χ3v) is 3.52. The Morgan fingerprint density at radius 1 is 1.20 bits per heavy atom. The molecule has 5 heteroatoms. The van der Waals surface area contributed by atoms with Gasteiger partial charge in [0.25, 0.3) is 0 Å². The third kappa shape index (κ3) is 5.63. The van der Waals surface area contributed by atoms with Crippen LogP contribution in [0.5, 0.6) is 5.75 Å². The van der Waals surface area contributed by atoms with Crippen LogP contribution < -0.4 is 5.32 Å². The fraction of sp³-hybridized carbons (Fsp3) is 0.133. The van der Waals surface area contributed by atoms with Crippen LogP contribution in [0, 0.1) is 13.8 Å². The molecule has 0 atom stereocenters. The normalized spacial score (nSPS) is 9.40. The number of hydrogen-bond acceptors (Lipinski definition) is 2. The van der Waals surface area contributed by atoms with Gasteiger partial charge in [-0.3, -0.25) is 4.79 Å². The average Bonchev–Trinajstić information content (AvgIpc) is 2.34. The molecule has 0 saturated heterocycles. The van der Waals surface area contributed by atoms with E-state index >= 15 is 0 Å². The maximum Gasteiger partial charge on any atom is 0.211 e. The summed E-state index contributed by atoms with van der Waals surface area (Å²) in [4.78, 5) is 10.0. The number of carbonyl (C=O) groups is 1. The topological polar surface area (TPSA) is 49.3 Å². The standard InChI is InChI=1S/C8H8ClNO.C7H7BrO/c1-6-2-7(9)4-8(3-6)10-5-11;1-5-4-6(9)2-3-7(5)8/h2-5H,1H3,(H,10,11);2-4,9H,1H3. The Hall–Kier alpha value is -1.52. The summed E-state index contributed by atoms with van der Waals surface area (Å²) in [5.41, 5.74) is 2.81. The van der Waals surface area contributed by atoms with Gasteiger partial charge in [-0.2, -0.15) is 0 Å². The fourth-order valence-corrected chi connectivity index (χ4v) is 2.05. The largest absolute Gasteiger partial charge is 0.508 e. The summed E-state index contributed by atoms with van der Waals surface area (Å²) in [5, 5.41) is 12.1. The molecule has 0 aliphatic heterocycles. The molecule has 106 valence electrons. The van der Waals surface area contributed by atoms with Crippen molar-refractivity contribution < 1.29 is 9.90 Å². The number of carbonyl (C=O) groups excluding carboxylic acids is 1. The number of hydrogen-bond donors (Lipinski definition) is 2. The van der Waals surface area contributed by atoms with Crippen LogP contribution in [-0.4, -0.2) is 11.5 Å². The number of amides is 1. The lowest BCUT2D eigenvalue weighted by molar-refractivity contribution is -0.105. The highest BCUT2D eigenvalue weighted by Gasteiger charge is 1.94. The fourth-order valence-electron chi connectivity index (χ4n) is 1.52. The van der Waals surface area contributed by atoms with Gasteiger partial charge in [0.15, 0.2) is 0 Å². The van der Waals surface area contributed by atoms with E-state index in [4.69, 9.17) is 16.7 Å². The third-order valence-electron chi connectivity index (χ3n) is 2.41. The van der Waals surface area contributed by atoms with Crippen LogP contribution in [0.4, 0.5) is 5.69 Å². The molecule has 20 heavy (non-hydrogen) atoms. The summed E-state index contributed by atoms with van der Waals surface area (Å²) >= 11 is 9.05. The van der Waals surface area contributed by atoms with E-state index in [1.165, 1.54) is 0 Å². The number of benzene rings is 2. The van der Waals surface area contributed by atoms with Crippen molar-refractivity contribution in [2.45, 2.75) is 13.8 Å². The first-order chi connectivity index (χ1) is 9.42. The number of rotatable bonds is 2. The minimum Gasteiger partial charge on any atom is -0.508 e. The summed E-state index contributed by atoms with van der Waals surface area (Å²) < 4.78 is 1.03. The second-order valence-corrected chi connectivity index (χ2v) is 5.50. The molecule has 3 nitrogen and oxygen atoms in total. The SMILES string of the molecule is Cc1cc(Cl)cc(NC=O)c1.Cc1cc(O)ccc1Br. The highest BCUT2D eigenvalue weighted by atomic mass is 79.9. The second-order valence-electron chi connectivity index (χ2n) is 4.21. The molecule has 2 aromatic carbocycles. The van der Waals surface area contributed by atoms with E-state index in [0.717, 1.165) is 21.3 Å². The van der Waals surface area contributed by atoms with Crippen LogP contribution in [-0.2, 0) is 4.79 Å². The summed E-state index contributed by atoms with van der Waals surface area (Å²) in [6, 6.07) is 10.6. The first-order valence-corrected chi connectivity index (χ1v) is 7.02. The highest BCUT2D eigenvalue weighted by Crippen LogP contribution is 2.20. The molecule has 0 saturated carbocycles. The zero-order valence-electron chi connectivity index (χ0n) is 11.2. The van der Waals surface area contributed by atoms with E-state index < -0.39 is 0 Å². The van der Waals surface area contributed by atoms with Crippen LogP contribution in [0.15, 0.2) is 40.9 Å². The number of aryl methyl sites for hydroxylation is 2. The lowest BCUT2D eigenvalue weighted by atomic mass is 10.2. The van der Waals surface area contributed by atoms with E-state index in [9.17, 15) is 4.79 Å². The molecule has 2 rings (SSSR count). The van der Waals surface area contributed by atoms with Crippen LogP contribution in [0.25, 0.3) is 0 Å². The number of anilines is 1. The summed E-state index contributed by atoms with van der Waals surface area (Å²) in [6.07, 6.45) is 0.630. The van der Waals surface area contributed by atoms with Crippen LogP contribution in [0.3, 0.4) is 0 Å². The molecule has 2 N–H and O–H groups in total. The van der Waals surface area contributed by atoms with Crippen molar-refractivity contribution in [1.29, 1.82) is 0 Å². The minimum atomic E-state index is 0.315. The maximum atomic E-state index is 10.0. The molecule has 2 aromatic rings. The van der Waals surface area contributed by atoms with Crippen LogP contribution >= 0.6 is 27.5 Å². The molecule has 0 fully saturated rings. The van der Waals surface area contributed by atoms with E-state index in [-0.39, 0.29) is 0 Å². The van der Waals surface area contributed by atoms with Gasteiger partial charge in [0.2, 0.25) is 6.41 Å². The Kier molecular flexibility index (Phi) is 6.55. The van der Waals surface area contributed by atoms with Gasteiger partial charge in [0.1, 0.15) is 5.75 Å². The Balaban J connectivity index is 0.000000204.